The van der Waals surface area contributed by atoms with Crippen LogP contribution in [0.15, 0.2) is 48.5 Å². The normalized spacial score (nSPS) is 11.8. The highest BCUT2D eigenvalue weighted by Crippen LogP contribution is 2.23. The molecular formula is C18H19ClN2O3. The lowest BCUT2D eigenvalue weighted by Crippen LogP contribution is -2.36. The molecule has 2 aromatic carbocycles. The van der Waals surface area contributed by atoms with Gasteiger partial charge in [0, 0.05) is 22.2 Å². The molecule has 3 N–H and O–H groups in total. The number of hydrogen-bond acceptors (Lipinski definition) is 4. The molecule has 5 nitrogen and oxygen atoms in total. The lowest BCUT2D eigenvalue weighted by Gasteiger charge is -2.13. The van der Waals surface area contributed by atoms with Crippen molar-refractivity contribution in [1.82, 2.24) is 5.32 Å². The van der Waals surface area contributed by atoms with E-state index in [1.54, 1.807) is 43.3 Å². The Balaban J connectivity index is 2.19. The summed E-state index contributed by atoms with van der Waals surface area (Å²) in [6, 6.07) is 13.4. The largest absolute Gasteiger partial charge is 0.395 e. The van der Waals surface area contributed by atoms with Crippen LogP contribution < -0.4 is 10.6 Å². The van der Waals surface area contributed by atoms with Gasteiger partial charge in [-0.25, -0.2) is 0 Å². The lowest BCUT2D eigenvalue weighted by molar-refractivity contribution is -0.115. The minimum atomic E-state index is -0.306. The number of carbonyl (C=O) groups excluding carboxylic acids is 2. The number of nitrogens with one attached hydrogen (secondary N) is 2. The summed E-state index contributed by atoms with van der Waals surface area (Å²) < 4.78 is 0. The minimum absolute atomic E-state index is 0.0311. The molecule has 1 amide bonds. The van der Waals surface area contributed by atoms with Crippen molar-refractivity contribution in [3.63, 3.8) is 0 Å². The number of rotatable bonds is 7. The molecule has 0 heterocycles. The van der Waals surface area contributed by atoms with Crippen molar-refractivity contribution >= 4 is 29.0 Å². The monoisotopic (exact) mass is 346 g/mol. The molecule has 0 radical (unpaired) electrons. The predicted octanol–water partition coefficient (Wildman–Crippen LogP) is 2.48. The number of hydrogen-bond donors (Lipinski definition) is 3. The molecule has 0 bridgehead atoms. The van der Waals surface area contributed by atoms with Crippen molar-refractivity contribution in [2.75, 3.05) is 18.5 Å². The third-order valence-corrected chi connectivity index (χ3v) is 3.66. The van der Waals surface area contributed by atoms with E-state index >= 15 is 0 Å². The van der Waals surface area contributed by atoms with E-state index in [4.69, 9.17) is 16.7 Å². The van der Waals surface area contributed by atoms with Gasteiger partial charge in [0.25, 0.3) is 0 Å². The Bertz CT molecular complexity index is 719. The Hall–Kier alpha value is -2.21. The van der Waals surface area contributed by atoms with Crippen LogP contribution in [0, 0.1) is 0 Å². The standard InChI is InChI=1S/C18H19ClN2O3/c1-12(11-22)20-10-17(23)21-16-8-7-14(19)9-15(16)18(24)13-5-3-2-4-6-13/h2-9,12,20,22H,10-11H2,1H3,(H,21,23). The van der Waals surface area contributed by atoms with Crippen LogP contribution in [0.2, 0.25) is 5.02 Å². The Kier molecular flexibility index (Phi) is 6.49. The minimum Gasteiger partial charge on any atom is -0.395 e. The summed E-state index contributed by atoms with van der Waals surface area (Å²) in [7, 11) is 0. The highest BCUT2D eigenvalue weighted by Gasteiger charge is 2.16. The topological polar surface area (TPSA) is 78.4 Å². The predicted molar refractivity (Wildman–Crippen MR) is 94.5 cm³/mol. The number of anilines is 1. The van der Waals surface area contributed by atoms with Crippen LogP contribution in [-0.4, -0.2) is 36.0 Å². The average Bonchev–Trinajstić information content (AvgIpc) is 2.61. The SMILES string of the molecule is CC(CO)NCC(=O)Nc1ccc(Cl)cc1C(=O)c1ccccc1. The summed E-state index contributed by atoms with van der Waals surface area (Å²) in [5, 5.41) is 14.9. The molecule has 0 spiro atoms. The Morgan fingerprint density at radius 1 is 1.17 bits per heavy atom. The first-order valence-electron chi connectivity index (χ1n) is 7.54. The lowest BCUT2D eigenvalue weighted by atomic mass is 10.0. The number of carbonyl (C=O) groups is 2. The van der Waals surface area contributed by atoms with Crippen LogP contribution in [0.1, 0.15) is 22.8 Å². The van der Waals surface area contributed by atoms with Crippen LogP contribution in [0.25, 0.3) is 0 Å². The smallest absolute Gasteiger partial charge is 0.238 e. The zero-order valence-corrected chi connectivity index (χ0v) is 14.0. The zero-order chi connectivity index (χ0) is 17.5. The Morgan fingerprint density at radius 2 is 1.88 bits per heavy atom. The van der Waals surface area contributed by atoms with Crippen LogP contribution in [-0.2, 0) is 4.79 Å². The van der Waals surface area contributed by atoms with Gasteiger partial charge in [0.15, 0.2) is 5.78 Å². The van der Waals surface area contributed by atoms with E-state index in [0.717, 1.165) is 0 Å². The summed E-state index contributed by atoms with van der Waals surface area (Å²) in [4.78, 5) is 24.7. The van der Waals surface area contributed by atoms with Crippen LogP contribution >= 0.6 is 11.6 Å². The van der Waals surface area contributed by atoms with Crippen molar-refractivity contribution in [3.05, 3.63) is 64.7 Å². The first-order chi connectivity index (χ1) is 11.5. The van der Waals surface area contributed by atoms with Crippen molar-refractivity contribution in [1.29, 1.82) is 0 Å². The van der Waals surface area contributed by atoms with Gasteiger partial charge in [-0.2, -0.15) is 0 Å². The van der Waals surface area contributed by atoms with Crippen LogP contribution in [0.5, 0.6) is 0 Å². The van der Waals surface area contributed by atoms with Crippen LogP contribution in [0.4, 0.5) is 5.69 Å². The quantitative estimate of drug-likeness (QED) is 0.673. The zero-order valence-electron chi connectivity index (χ0n) is 13.3. The second-order valence-corrected chi connectivity index (χ2v) is 5.83. The number of amides is 1. The van der Waals surface area contributed by atoms with Crippen molar-refractivity contribution < 1.29 is 14.7 Å². The van der Waals surface area contributed by atoms with Gasteiger partial charge < -0.3 is 15.7 Å². The van der Waals surface area contributed by atoms with E-state index < -0.39 is 0 Å². The van der Waals surface area contributed by atoms with Gasteiger partial charge in [-0.3, -0.25) is 9.59 Å². The summed E-state index contributed by atoms with van der Waals surface area (Å²) in [6.45, 7) is 1.73. The van der Waals surface area contributed by atoms with Crippen molar-refractivity contribution in [3.8, 4) is 0 Å². The summed E-state index contributed by atoms with van der Waals surface area (Å²) in [5.74, 6) is -0.523. The molecule has 0 fully saturated rings. The Morgan fingerprint density at radius 3 is 2.54 bits per heavy atom. The fourth-order valence-corrected chi connectivity index (χ4v) is 2.26. The number of halogens is 1. The maximum atomic E-state index is 12.7. The fourth-order valence-electron chi connectivity index (χ4n) is 2.08. The molecule has 0 saturated heterocycles. The molecular weight excluding hydrogens is 328 g/mol. The maximum absolute atomic E-state index is 12.7. The Labute approximate surface area is 145 Å². The molecule has 0 aliphatic carbocycles. The fraction of sp³-hybridized carbons (Fsp3) is 0.222. The van der Waals surface area contributed by atoms with Crippen molar-refractivity contribution in [2.24, 2.45) is 0 Å². The molecule has 24 heavy (non-hydrogen) atoms. The summed E-state index contributed by atoms with van der Waals surface area (Å²) in [6.07, 6.45) is 0. The van der Waals surface area contributed by atoms with Gasteiger partial charge in [0.05, 0.1) is 18.8 Å². The van der Waals surface area contributed by atoms with E-state index in [-0.39, 0.29) is 30.9 Å². The number of aliphatic hydroxyl groups excluding tert-OH is 1. The molecule has 0 saturated carbocycles. The molecule has 0 aliphatic heterocycles. The number of aliphatic hydroxyl groups is 1. The van der Waals surface area contributed by atoms with Crippen molar-refractivity contribution in [2.45, 2.75) is 13.0 Å². The molecule has 1 atom stereocenters. The third kappa shape index (κ3) is 4.89. The van der Waals surface area contributed by atoms with Gasteiger partial charge in [0.2, 0.25) is 5.91 Å². The number of benzene rings is 2. The average molecular weight is 347 g/mol. The highest BCUT2D eigenvalue weighted by atomic mass is 35.5. The van der Waals surface area contributed by atoms with Gasteiger partial charge in [-0.15, -0.1) is 0 Å². The highest BCUT2D eigenvalue weighted by molar-refractivity contribution is 6.31. The molecule has 126 valence electrons. The van der Waals surface area contributed by atoms with E-state index in [9.17, 15) is 9.59 Å². The van der Waals surface area contributed by atoms with Gasteiger partial charge in [-0.1, -0.05) is 41.9 Å². The molecule has 0 aliphatic rings. The van der Waals surface area contributed by atoms with E-state index in [2.05, 4.69) is 10.6 Å². The summed E-state index contributed by atoms with van der Waals surface area (Å²) in [5.41, 5.74) is 1.25. The third-order valence-electron chi connectivity index (χ3n) is 3.42. The molecule has 2 aromatic rings. The first kappa shape index (κ1) is 18.1. The number of ketones is 1. The summed E-state index contributed by atoms with van der Waals surface area (Å²) >= 11 is 6.00. The van der Waals surface area contributed by atoms with E-state index in [0.29, 0.717) is 21.8 Å². The maximum Gasteiger partial charge on any atom is 0.238 e. The first-order valence-corrected chi connectivity index (χ1v) is 7.92. The van der Waals surface area contributed by atoms with Crippen LogP contribution in [0.3, 0.4) is 0 Å². The van der Waals surface area contributed by atoms with Gasteiger partial charge in [0.1, 0.15) is 0 Å². The molecule has 0 aromatic heterocycles. The van der Waals surface area contributed by atoms with Gasteiger partial charge in [-0.05, 0) is 25.1 Å². The second kappa shape index (κ2) is 8.59. The second-order valence-electron chi connectivity index (χ2n) is 5.40. The van der Waals surface area contributed by atoms with E-state index in [1.807, 2.05) is 6.07 Å². The van der Waals surface area contributed by atoms with Gasteiger partial charge >= 0.3 is 0 Å². The molecule has 6 heteroatoms. The van der Waals surface area contributed by atoms with E-state index in [1.165, 1.54) is 6.07 Å². The molecule has 1 unspecified atom stereocenters. The molecule has 2 rings (SSSR count).